The van der Waals surface area contributed by atoms with Gasteiger partial charge < -0.3 is 29.5 Å². The molecule has 8 atom stereocenters. The summed E-state index contributed by atoms with van der Waals surface area (Å²) in [4.78, 5) is 67.2. The number of carboxylic acids is 1. The Hall–Kier alpha value is -4.23. The van der Waals surface area contributed by atoms with Crippen LogP contribution in [0, 0.1) is 41.4 Å². The summed E-state index contributed by atoms with van der Waals surface area (Å²) in [5.74, 6) is -1.23. The number of hydrogen-bond donors (Lipinski definition) is 2. The number of pyridine rings is 1. The molecule has 0 radical (unpaired) electrons. The SMILES string of the molecule is C=C[C@@H]1C[C@]1(CC(=O)[C@@H]1C[C@@H](Oc2cc(-c3nc(NC(C)C)sc3C)nc3c(Cl)c(OC)ccc23)CN1C(=O)[C@@H](CC(=O)OC1C[C@@H]2C[C@@H]2C1)C(C)(C)C)C(=O)O. The Labute approximate surface area is 342 Å². The molecule has 0 spiro atoms. The van der Waals surface area contributed by atoms with E-state index in [4.69, 9.17) is 35.8 Å². The number of ketones is 1. The number of hydrogen-bond acceptors (Lipinski definition) is 11. The third kappa shape index (κ3) is 8.24. The minimum Gasteiger partial charge on any atom is -0.495 e. The van der Waals surface area contributed by atoms with Crippen LogP contribution in [0.1, 0.15) is 84.4 Å². The van der Waals surface area contributed by atoms with Crippen molar-refractivity contribution in [3.8, 4) is 22.9 Å². The molecule has 3 heterocycles. The van der Waals surface area contributed by atoms with E-state index >= 15 is 0 Å². The Morgan fingerprint density at radius 1 is 1.11 bits per heavy atom. The lowest BCUT2D eigenvalue weighted by Crippen LogP contribution is -2.48. The molecular weight excluding hydrogens is 768 g/mol. The summed E-state index contributed by atoms with van der Waals surface area (Å²) in [6.45, 7) is 15.6. The second-order valence-corrected chi connectivity index (χ2v) is 19.4. The van der Waals surface area contributed by atoms with Crippen LogP contribution in [0.15, 0.2) is 30.9 Å². The van der Waals surface area contributed by atoms with Gasteiger partial charge in [0.2, 0.25) is 5.91 Å². The van der Waals surface area contributed by atoms with E-state index in [0.29, 0.717) is 57.1 Å². The number of aliphatic carboxylic acids is 1. The number of allylic oxidation sites excluding steroid dienone is 1. The van der Waals surface area contributed by atoms with Gasteiger partial charge in [-0.2, -0.15) is 0 Å². The fourth-order valence-electron chi connectivity index (χ4n) is 8.86. The maximum Gasteiger partial charge on any atom is 0.310 e. The lowest BCUT2D eigenvalue weighted by molar-refractivity contribution is -0.157. The molecule has 2 N–H and O–H groups in total. The zero-order valence-electron chi connectivity index (χ0n) is 33.7. The Bertz CT molecular complexity index is 2100. The number of methoxy groups -OCH3 is 1. The number of ether oxygens (including phenoxy) is 3. The highest BCUT2D eigenvalue weighted by atomic mass is 35.5. The maximum atomic E-state index is 14.8. The Morgan fingerprint density at radius 3 is 2.44 bits per heavy atom. The van der Waals surface area contributed by atoms with E-state index in [1.165, 1.54) is 29.8 Å². The molecule has 12 nitrogen and oxygen atoms in total. The van der Waals surface area contributed by atoms with Crippen LogP contribution in [0.25, 0.3) is 22.3 Å². The quantitative estimate of drug-likeness (QED) is 0.113. The van der Waals surface area contributed by atoms with Gasteiger partial charge in [0, 0.05) is 35.2 Å². The molecular formula is C43H53ClN4O8S. The molecule has 1 unspecified atom stereocenters. The highest BCUT2D eigenvalue weighted by Crippen LogP contribution is 2.57. The third-order valence-electron chi connectivity index (χ3n) is 12.3. The first-order valence-corrected chi connectivity index (χ1v) is 21.1. The van der Waals surface area contributed by atoms with Gasteiger partial charge in [-0.25, -0.2) is 9.97 Å². The number of halogens is 1. The molecule has 0 bridgehead atoms. The predicted molar refractivity (Wildman–Crippen MR) is 219 cm³/mol. The topological polar surface area (TPSA) is 157 Å². The van der Waals surface area contributed by atoms with Crippen molar-refractivity contribution in [1.82, 2.24) is 14.9 Å². The second-order valence-electron chi connectivity index (χ2n) is 17.8. The summed E-state index contributed by atoms with van der Waals surface area (Å²) >= 11 is 8.38. The van der Waals surface area contributed by atoms with E-state index in [0.717, 1.165) is 22.9 Å². The Kier molecular flexibility index (Phi) is 11.1. The first kappa shape index (κ1) is 40.9. The zero-order chi connectivity index (χ0) is 41.1. The Morgan fingerprint density at radius 2 is 1.82 bits per heavy atom. The molecule has 2 aromatic heterocycles. The number of fused-ring (bicyclic) bond motifs is 2. The summed E-state index contributed by atoms with van der Waals surface area (Å²) in [6, 6.07) is 4.53. The van der Waals surface area contributed by atoms with Gasteiger partial charge in [-0.15, -0.1) is 17.9 Å². The fraction of sp³-hybridized carbons (Fsp3) is 0.581. The average Bonchev–Trinajstić information content (AvgIpc) is 3.86. The zero-order valence-corrected chi connectivity index (χ0v) is 35.3. The first-order chi connectivity index (χ1) is 26.9. The van der Waals surface area contributed by atoms with E-state index in [9.17, 15) is 24.3 Å². The van der Waals surface area contributed by atoms with Crippen LogP contribution in [0.5, 0.6) is 11.5 Å². The number of esters is 1. The molecule has 1 amide bonds. The molecule has 306 valence electrons. The summed E-state index contributed by atoms with van der Waals surface area (Å²) in [5, 5.41) is 15.2. The van der Waals surface area contributed by atoms with Crippen molar-refractivity contribution in [1.29, 1.82) is 0 Å². The number of nitrogens with one attached hydrogen (secondary N) is 1. The molecule has 4 aliphatic rings. The first-order valence-electron chi connectivity index (χ1n) is 19.9. The van der Waals surface area contributed by atoms with Crippen LogP contribution in [-0.4, -0.2) is 81.5 Å². The van der Waals surface area contributed by atoms with Gasteiger partial charge in [0.25, 0.3) is 0 Å². The molecule has 3 aromatic rings. The smallest absolute Gasteiger partial charge is 0.310 e. The average molecular weight is 821 g/mol. The van der Waals surface area contributed by atoms with Crippen molar-refractivity contribution in [2.45, 2.75) is 111 Å². The molecule has 1 aromatic carbocycles. The number of amides is 1. The van der Waals surface area contributed by atoms with Gasteiger partial charge in [0.05, 0.1) is 48.7 Å². The number of nitrogens with zero attached hydrogens (tertiary/aromatic N) is 3. The monoisotopic (exact) mass is 820 g/mol. The molecule has 1 saturated heterocycles. The van der Waals surface area contributed by atoms with Crippen LogP contribution < -0.4 is 14.8 Å². The minimum absolute atomic E-state index is 0.0367. The number of anilines is 1. The molecule has 1 aliphatic heterocycles. The molecule has 57 heavy (non-hydrogen) atoms. The molecule has 3 saturated carbocycles. The lowest BCUT2D eigenvalue weighted by atomic mass is 9.77. The highest BCUT2D eigenvalue weighted by Gasteiger charge is 2.61. The van der Waals surface area contributed by atoms with E-state index in [1.54, 1.807) is 24.3 Å². The van der Waals surface area contributed by atoms with Gasteiger partial charge in [-0.05, 0) is 81.8 Å². The fourth-order valence-corrected chi connectivity index (χ4v) is 10.1. The normalized spacial score (nSPS) is 26.9. The third-order valence-corrected chi connectivity index (χ3v) is 13.5. The van der Waals surface area contributed by atoms with Crippen LogP contribution in [0.4, 0.5) is 5.13 Å². The van der Waals surface area contributed by atoms with Crippen molar-refractivity contribution < 1.29 is 38.5 Å². The molecule has 4 fully saturated rings. The Balaban J connectivity index is 1.22. The van der Waals surface area contributed by atoms with Crippen molar-refractivity contribution in [3.63, 3.8) is 0 Å². The van der Waals surface area contributed by atoms with Crippen LogP contribution in [0.3, 0.4) is 0 Å². The molecule has 3 aliphatic carbocycles. The van der Waals surface area contributed by atoms with Gasteiger partial charge in [-0.1, -0.05) is 38.4 Å². The van der Waals surface area contributed by atoms with Crippen molar-refractivity contribution in [2.24, 2.45) is 34.5 Å². The summed E-state index contributed by atoms with van der Waals surface area (Å²) in [6.07, 6.45) is 3.75. The van der Waals surface area contributed by atoms with E-state index in [2.05, 4.69) is 11.9 Å². The maximum absolute atomic E-state index is 14.8. The van der Waals surface area contributed by atoms with Crippen molar-refractivity contribution in [2.75, 3.05) is 19.0 Å². The lowest BCUT2D eigenvalue weighted by Gasteiger charge is -2.35. The van der Waals surface area contributed by atoms with Gasteiger partial charge in [0.15, 0.2) is 10.9 Å². The van der Waals surface area contributed by atoms with Gasteiger partial charge in [-0.3, -0.25) is 19.2 Å². The number of likely N-dealkylation sites (tertiary alicyclic amines) is 1. The number of Topliss-reactive ketones (excluding diaryl/α,β-unsaturated/α-hetero) is 1. The minimum atomic E-state index is -1.26. The number of aromatic nitrogens is 2. The summed E-state index contributed by atoms with van der Waals surface area (Å²) in [7, 11) is 1.53. The highest BCUT2D eigenvalue weighted by molar-refractivity contribution is 7.16. The van der Waals surface area contributed by atoms with Gasteiger partial charge in [0.1, 0.15) is 34.4 Å². The van der Waals surface area contributed by atoms with Gasteiger partial charge >= 0.3 is 11.9 Å². The number of aryl methyl sites for hydroxylation is 1. The van der Waals surface area contributed by atoms with Crippen LogP contribution in [-0.2, 0) is 23.9 Å². The van der Waals surface area contributed by atoms with Crippen molar-refractivity contribution in [3.05, 3.63) is 40.8 Å². The summed E-state index contributed by atoms with van der Waals surface area (Å²) < 4.78 is 18.2. The number of rotatable bonds is 15. The van der Waals surface area contributed by atoms with Crippen LogP contribution in [0.2, 0.25) is 5.02 Å². The predicted octanol–water partition coefficient (Wildman–Crippen LogP) is 8.13. The number of carboxylic acid groups (broad SMARTS) is 1. The standard InChI is InChI=1S/C43H53ClN4O8S/c1-9-25-18-43(25,40(52)53)19-32(49)31-15-27(20-48(31)39(51)29(42(5,6)7)16-35(50)56-26-13-23-12-24(23)14-26)55-34-17-30(37-22(4)57-41(47-37)45-21(2)3)46-38-28(34)10-11-33(54-8)36(38)44/h9-11,17,21,23-27,29,31H,1,12-16,18-20H2,2-8H3,(H,45,47)(H,52,53)/t23-,24+,25-,26?,27-,29-,31+,43-/m1/s1. The van der Waals surface area contributed by atoms with E-state index in [-0.39, 0.29) is 55.6 Å². The molecule has 14 heteroatoms. The van der Waals surface area contributed by atoms with E-state index in [1.807, 2.05) is 41.5 Å². The van der Waals surface area contributed by atoms with E-state index < -0.39 is 40.8 Å². The van der Waals surface area contributed by atoms with Crippen molar-refractivity contribution >= 4 is 62.6 Å². The number of carbonyl (C=O) groups excluding carboxylic acids is 3. The number of carbonyl (C=O) groups is 4. The second kappa shape index (κ2) is 15.5. The summed E-state index contributed by atoms with van der Waals surface area (Å²) in [5.41, 5.74) is -0.308. The number of benzene rings is 1. The largest absolute Gasteiger partial charge is 0.495 e. The molecule has 7 rings (SSSR count). The van der Waals surface area contributed by atoms with Crippen LogP contribution >= 0.6 is 22.9 Å². The number of thiazole rings is 1.